The first-order chi connectivity index (χ1) is 15.4. The molecule has 2 aromatic heterocycles. The maximum Gasteiger partial charge on any atom is 0.268 e. The highest BCUT2D eigenvalue weighted by atomic mass is 32.2. The first-order valence-corrected chi connectivity index (χ1v) is 11.7. The number of methoxy groups -OCH3 is 1. The third-order valence-electron chi connectivity index (χ3n) is 5.66. The maximum absolute atomic E-state index is 13.9. The summed E-state index contributed by atoms with van der Waals surface area (Å²) < 4.78 is 34.6. The van der Waals surface area contributed by atoms with Gasteiger partial charge in [0, 0.05) is 22.0 Å². The van der Waals surface area contributed by atoms with Gasteiger partial charge in [-0.1, -0.05) is 35.9 Å². The topological polar surface area (TPSA) is 61.2 Å². The van der Waals surface area contributed by atoms with Crippen molar-refractivity contribution in [3.63, 3.8) is 0 Å². The highest BCUT2D eigenvalue weighted by Gasteiger charge is 2.26. The zero-order valence-electron chi connectivity index (χ0n) is 18.0. The van der Waals surface area contributed by atoms with Crippen LogP contribution in [-0.2, 0) is 10.0 Å². The van der Waals surface area contributed by atoms with Crippen molar-refractivity contribution < 1.29 is 13.2 Å². The summed E-state index contributed by atoms with van der Waals surface area (Å²) in [6.07, 6.45) is 0. The van der Waals surface area contributed by atoms with E-state index in [9.17, 15) is 8.42 Å². The molecule has 0 unspecified atom stereocenters. The predicted octanol–water partition coefficient (Wildman–Crippen LogP) is 5.72. The van der Waals surface area contributed by atoms with Gasteiger partial charge < -0.3 is 4.74 Å². The Morgan fingerprint density at radius 1 is 0.844 bits per heavy atom. The van der Waals surface area contributed by atoms with Crippen molar-refractivity contribution in [2.24, 2.45) is 0 Å². The molecule has 0 saturated heterocycles. The highest BCUT2D eigenvalue weighted by Crippen LogP contribution is 2.38. The van der Waals surface area contributed by atoms with Crippen molar-refractivity contribution >= 4 is 31.8 Å². The second kappa shape index (κ2) is 7.50. The number of rotatable bonds is 4. The molecule has 0 amide bonds. The Bertz CT molecular complexity index is 1570. The van der Waals surface area contributed by atoms with E-state index < -0.39 is 10.0 Å². The van der Waals surface area contributed by atoms with Crippen molar-refractivity contribution in [1.82, 2.24) is 8.96 Å². The molecule has 0 fully saturated rings. The van der Waals surface area contributed by atoms with Crippen LogP contribution in [0.4, 0.5) is 0 Å². The summed E-state index contributed by atoms with van der Waals surface area (Å²) in [7, 11) is -2.25. The summed E-state index contributed by atoms with van der Waals surface area (Å²) in [6.45, 7) is 3.86. The largest absolute Gasteiger partial charge is 0.497 e. The van der Waals surface area contributed by atoms with E-state index >= 15 is 0 Å². The van der Waals surface area contributed by atoms with Gasteiger partial charge in [0.25, 0.3) is 10.0 Å². The number of ether oxygens (including phenoxy) is 1. The van der Waals surface area contributed by atoms with Crippen molar-refractivity contribution in [2.75, 3.05) is 7.11 Å². The fraction of sp³-hybridized carbons (Fsp3) is 0.115. The van der Waals surface area contributed by atoms with Gasteiger partial charge in [0.1, 0.15) is 5.75 Å². The van der Waals surface area contributed by atoms with E-state index in [0.717, 1.165) is 33.3 Å². The van der Waals surface area contributed by atoms with E-state index in [-0.39, 0.29) is 4.90 Å². The Hall–Kier alpha value is -3.64. The van der Waals surface area contributed by atoms with Crippen LogP contribution in [0, 0.1) is 13.8 Å². The molecule has 0 atom stereocenters. The Labute approximate surface area is 187 Å². The van der Waals surface area contributed by atoms with Crippen LogP contribution in [0.15, 0.2) is 83.8 Å². The summed E-state index contributed by atoms with van der Waals surface area (Å²) in [5.41, 5.74) is 4.46. The van der Waals surface area contributed by atoms with E-state index in [1.807, 2.05) is 80.6 Å². The molecule has 5 nitrogen and oxygen atoms in total. The summed E-state index contributed by atoms with van der Waals surface area (Å²) >= 11 is 0. The Balaban J connectivity index is 1.92. The van der Waals surface area contributed by atoms with Crippen LogP contribution in [0.2, 0.25) is 0 Å². The number of hydrogen-bond donors (Lipinski definition) is 0. The van der Waals surface area contributed by atoms with Gasteiger partial charge in [0.15, 0.2) is 0 Å². The number of aryl methyl sites for hydroxylation is 2. The lowest BCUT2D eigenvalue weighted by molar-refractivity contribution is 0.415. The number of fused-ring (bicyclic) bond motifs is 3. The van der Waals surface area contributed by atoms with Crippen LogP contribution < -0.4 is 4.74 Å². The number of aromatic nitrogens is 2. The van der Waals surface area contributed by atoms with Crippen LogP contribution in [0.1, 0.15) is 11.3 Å². The van der Waals surface area contributed by atoms with Crippen molar-refractivity contribution in [3.8, 4) is 17.0 Å². The lowest BCUT2D eigenvalue weighted by atomic mass is 10.1. The normalized spacial score (nSPS) is 11.8. The molecule has 0 aliphatic heterocycles. The number of nitrogens with zero attached hydrogens (tertiary/aromatic N) is 2. The summed E-state index contributed by atoms with van der Waals surface area (Å²) in [5, 5.41) is 1.73. The predicted molar refractivity (Wildman–Crippen MR) is 128 cm³/mol. The minimum Gasteiger partial charge on any atom is -0.497 e. The molecule has 5 aromatic rings. The van der Waals surface area contributed by atoms with E-state index in [1.54, 1.807) is 19.2 Å². The molecule has 0 aliphatic rings. The molecule has 160 valence electrons. The SMILES string of the molecule is COc1ccc(-c2nc(C)cc3c4ccccc4n(S(=O)(=O)c4ccc(C)cc4)c23)cc1. The maximum atomic E-state index is 13.9. The van der Waals surface area contributed by atoms with Crippen LogP contribution in [0.3, 0.4) is 0 Å². The molecule has 0 saturated carbocycles. The third-order valence-corrected chi connectivity index (χ3v) is 7.39. The van der Waals surface area contributed by atoms with Crippen LogP contribution in [0.25, 0.3) is 33.1 Å². The van der Waals surface area contributed by atoms with Gasteiger partial charge in [-0.05, 0) is 62.4 Å². The molecule has 0 aliphatic carbocycles. The van der Waals surface area contributed by atoms with E-state index in [4.69, 9.17) is 9.72 Å². The Kier molecular flexibility index (Phi) is 4.75. The Morgan fingerprint density at radius 2 is 1.53 bits per heavy atom. The third kappa shape index (κ3) is 3.15. The lowest BCUT2D eigenvalue weighted by Gasteiger charge is -2.13. The number of benzene rings is 3. The van der Waals surface area contributed by atoms with E-state index in [0.29, 0.717) is 16.7 Å². The molecule has 0 radical (unpaired) electrons. The van der Waals surface area contributed by atoms with Crippen LogP contribution in [-0.4, -0.2) is 24.5 Å². The molecule has 6 heteroatoms. The van der Waals surface area contributed by atoms with Gasteiger partial charge >= 0.3 is 0 Å². The Morgan fingerprint density at radius 3 is 2.22 bits per heavy atom. The summed E-state index contributed by atoms with van der Waals surface area (Å²) in [6, 6.07) is 24.0. The smallest absolute Gasteiger partial charge is 0.268 e. The minimum absolute atomic E-state index is 0.243. The molecular formula is C26H22N2O3S. The van der Waals surface area contributed by atoms with Gasteiger partial charge in [-0.2, -0.15) is 0 Å². The van der Waals surface area contributed by atoms with Gasteiger partial charge in [-0.3, -0.25) is 4.98 Å². The van der Waals surface area contributed by atoms with E-state index in [2.05, 4.69) is 0 Å². The van der Waals surface area contributed by atoms with Gasteiger partial charge in [-0.25, -0.2) is 12.4 Å². The average Bonchev–Trinajstić information content (AvgIpc) is 3.14. The summed E-state index contributed by atoms with van der Waals surface area (Å²) in [4.78, 5) is 5.02. The average molecular weight is 443 g/mol. The van der Waals surface area contributed by atoms with Crippen LogP contribution >= 0.6 is 0 Å². The fourth-order valence-electron chi connectivity index (χ4n) is 4.09. The zero-order chi connectivity index (χ0) is 22.5. The molecule has 0 spiro atoms. The first kappa shape index (κ1) is 20.3. The summed E-state index contributed by atoms with van der Waals surface area (Å²) in [5.74, 6) is 0.727. The molecule has 0 N–H and O–H groups in total. The lowest BCUT2D eigenvalue weighted by Crippen LogP contribution is -2.13. The number of para-hydroxylation sites is 1. The second-order valence-corrected chi connectivity index (χ2v) is 9.62. The van der Waals surface area contributed by atoms with Gasteiger partial charge in [-0.15, -0.1) is 0 Å². The molecule has 5 rings (SSSR count). The van der Waals surface area contributed by atoms with Crippen LogP contribution in [0.5, 0.6) is 5.75 Å². The van der Waals surface area contributed by atoms with Crippen molar-refractivity contribution in [3.05, 3.63) is 90.1 Å². The number of pyridine rings is 1. The van der Waals surface area contributed by atoms with Crippen molar-refractivity contribution in [1.29, 1.82) is 0 Å². The van der Waals surface area contributed by atoms with Gasteiger partial charge in [0.05, 0.1) is 28.7 Å². The quantitative estimate of drug-likeness (QED) is 0.357. The molecular weight excluding hydrogens is 420 g/mol. The number of hydrogen-bond acceptors (Lipinski definition) is 4. The molecule has 32 heavy (non-hydrogen) atoms. The molecule has 2 heterocycles. The highest BCUT2D eigenvalue weighted by molar-refractivity contribution is 7.90. The van der Waals surface area contributed by atoms with Crippen molar-refractivity contribution in [2.45, 2.75) is 18.7 Å². The standard InChI is InChI=1S/C26H22N2O3S/c1-17-8-14-21(15-9-17)32(29,30)28-24-7-5-4-6-22(24)23-16-18(2)27-25(26(23)28)19-10-12-20(31-3)13-11-19/h4-16H,1-3H3. The fourth-order valence-corrected chi connectivity index (χ4v) is 5.63. The second-order valence-electron chi connectivity index (χ2n) is 7.84. The van der Waals surface area contributed by atoms with E-state index in [1.165, 1.54) is 3.97 Å². The monoisotopic (exact) mass is 442 g/mol. The van der Waals surface area contributed by atoms with Gasteiger partial charge in [0.2, 0.25) is 0 Å². The molecule has 0 bridgehead atoms. The zero-order valence-corrected chi connectivity index (χ0v) is 18.8. The first-order valence-electron chi connectivity index (χ1n) is 10.3. The molecule has 3 aromatic carbocycles. The minimum atomic E-state index is -3.87.